The van der Waals surface area contributed by atoms with E-state index < -0.39 is 0 Å². The molecule has 0 atom stereocenters. The summed E-state index contributed by atoms with van der Waals surface area (Å²) in [6.07, 6.45) is 4.28. The third-order valence-electron chi connectivity index (χ3n) is 3.26. The molecule has 2 aromatic heterocycles. The molecule has 0 aromatic carbocycles. The quantitative estimate of drug-likeness (QED) is 0.839. The monoisotopic (exact) mass is 287 g/mol. The molecule has 3 N–H and O–H groups in total. The van der Waals surface area contributed by atoms with Crippen LogP contribution in [-0.4, -0.2) is 27.2 Å². The SMILES string of the molecule is CCCc1cc(C(=O)NCCc2ccnn2C)cc(N)n1. The fourth-order valence-electron chi connectivity index (χ4n) is 2.18. The fraction of sp³-hybridized carbons (Fsp3) is 0.400. The Kier molecular flexibility index (Phi) is 4.92. The maximum absolute atomic E-state index is 12.1. The van der Waals surface area contributed by atoms with Crippen LogP contribution in [0.15, 0.2) is 24.4 Å². The van der Waals surface area contributed by atoms with Gasteiger partial charge in [-0.15, -0.1) is 0 Å². The smallest absolute Gasteiger partial charge is 0.251 e. The molecular formula is C15H21N5O. The molecule has 0 aliphatic carbocycles. The van der Waals surface area contributed by atoms with E-state index in [0.717, 1.165) is 30.7 Å². The summed E-state index contributed by atoms with van der Waals surface area (Å²) < 4.78 is 1.80. The van der Waals surface area contributed by atoms with Crippen LogP contribution in [0.1, 0.15) is 35.1 Å². The molecule has 0 saturated carbocycles. The number of nitrogens with zero attached hydrogens (tertiary/aromatic N) is 3. The molecule has 0 aliphatic heterocycles. The molecule has 21 heavy (non-hydrogen) atoms. The Morgan fingerprint density at radius 2 is 2.19 bits per heavy atom. The molecule has 0 fully saturated rings. The second-order valence-electron chi connectivity index (χ2n) is 4.97. The van der Waals surface area contributed by atoms with Crippen LogP contribution in [0.25, 0.3) is 0 Å². The van der Waals surface area contributed by atoms with Crippen molar-refractivity contribution in [1.29, 1.82) is 0 Å². The average molecular weight is 287 g/mol. The minimum absolute atomic E-state index is 0.122. The molecule has 2 aromatic rings. The van der Waals surface area contributed by atoms with E-state index in [1.807, 2.05) is 13.1 Å². The van der Waals surface area contributed by atoms with E-state index in [1.165, 1.54) is 0 Å². The lowest BCUT2D eigenvalue weighted by Gasteiger charge is -2.08. The summed E-state index contributed by atoms with van der Waals surface area (Å²) in [6, 6.07) is 5.35. The van der Waals surface area contributed by atoms with Gasteiger partial charge in [-0.25, -0.2) is 4.98 Å². The highest BCUT2D eigenvalue weighted by molar-refractivity contribution is 5.94. The molecule has 112 valence electrons. The van der Waals surface area contributed by atoms with Crippen molar-refractivity contribution in [3.63, 3.8) is 0 Å². The summed E-state index contributed by atoms with van der Waals surface area (Å²) >= 11 is 0. The van der Waals surface area contributed by atoms with Gasteiger partial charge in [0.2, 0.25) is 0 Å². The van der Waals surface area contributed by atoms with Crippen molar-refractivity contribution in [2.24, 2.45) is 7.05 Å². The average Bonchev–Trinajstić information content (AvgIpc) is 2.84. The number of rotatable bonds is 6. The Hall–Kier alpha value is -2.37. The molecule has 0 spiro atoms. The van der Waals surface area contributed by atoms with Crippen LogP contribution in [0.2, 0.25) is 0 Å². The number of carbonyl (C=O) groups is 1. The van der Waals surface area contributed by atoms with Crippen LogP contribution in [-0.2, 0) is 19.9 Å². The van der Waals surface area contributed by atoms with Crippen LogP contribution < -0.4 is 11.1 Å². The summed E-state index contributed by atoms with van der Waals surface area (Å²) in [6.45, 7) is 2.63. The number of anilines is 1. The minimum atomic E-state index is -0.122. The molecule has 0 bridgehead atoms. The van der Waals surface area contributed by atoms with E-state index in [0.29, 0.717) is 17.9 Å². The van der Waals surface area contributed by atoms with Crippen molar-refractivity contribution in [2.45, 2.75) is 26.2 Å². The Morgan fingerprint density at radius 3 is 2.86 bits per heavy atom. The van der Waals surface area contributed by atoms with Gasteiger partial charge < -0.3 is 11.1 Å². The highest BCUT2D eigenvalue weighted by atomic mass is 16.1. The van der Waals surface area contributed by atoms with Gasteiger partial charge in [0.1, 0.15) is 5.82 Å². The maximum Gasteiger partial charge on any atom is 0.251 e. The number of aromatic nitrogens is 3. The molecule has 0 radical (unpaired) electrons. The molecule has 0 saturated heterocycles. The fourth-order valence-corrected chi connectivity index (χ4v) is 2.18. The molecular weight excluding hydrogens is 266 g/mol. The van der Waals surface area contributed by atoms with E-state index in [1.54, 1.807) is 23.0 Å². The number of hydrogen-bond donors (Lipinski definition) is 2. The van der Waals surface area contributed by atoms with Gasteiger partial charge in [-0.1, -0.05) is 13.3 Å². The van der Waals surface area contributed by atoms with E-state index in [2.05, 4.69) is 22.3 Å². The first-order valence-corrected chi connectivity index (χ1v) is 7.11. The van der Waals surface area contributed by atoms with Gasteiger partial charge in [0, 0.05) is 43.2 Å². The summed E-state index contributed by atoms with van der Waals surface area (Å²) in [5, 5.41) is 6.99. The summed E-state index contributed by atoms with van der Waals surface area (Å²) in [5.41, 5.74) is 8.25. The van der Waals surface area contributed by atoms with Crippen molar-refractivity contribution in [3.05, 3.63) is 41.3 Å². The number of carbonyl (C=O) groups excluding carboxylic acids is 1. The second kappa shape index (κ2) is 6.88. The van der Waals surface area contributed by atoms with Crippen LogP contribution in [0.4, 0.5) is 5.82 Å². The van der Waals surface area contributed by atoms with Gasteiger partial charge in [-0.05, 0) is 24.6 Å². The predicted molar refractivity (Wildman–Crippen MR) is 81.9 cm³/mol. The number of amides is 1. The first kappa shape index (κ1) is 15.0. The van der Waals surface area contributed by atoms with Gasteiger partial charge in [0.05, 0.1) is 0 Å². The predicted octanol–water partition coefficient (Wildman–Crippen LogP) is 1.32. The Balaban J connectivity index is 1.95. The van der Waals surface area contributed by atoms with Crippen molar-refractivity contribution < 1.29 is 4.79 Å². The number of nitrogens with two attached hydrogens (primary N) is 1. The second-order valence-corrected chi connectivity index (χ2v) is 4.97. The highest BCUT2D eigenvalue weighted by Gasteiger charge is 2.09. The molecule has 1 amide bonds. The number of hydrogen-bond acceptors (Lipinski definition) is 4. The van der Waals surface area contributed by atoms with E-state index in [-0.39, 0.29) is 5.91 Å². The van der Waals surface area contributed by atoms with E-state index >= 15 is 0 Å². The molecule has 0 unspecified atom stereocenters. The lowest BCUT2D eigenvalue weighted by atomic mass is 10.1. The minimum Gasteiger partial charge on any atom is -0.384 e. The third-order valence-corrected chi connectivity index (χ3v) is 3.26. The Bertz CT molecular complexity index is 620. The number of aryl methyl sites for hydroxylation is 2. The summed E-state index contributed by atoms with van der Waals surface area (Å²) in [4.78, 5) is 16.4. The maximum atomic E-state index is 12.1. The molecule has 2 heterocycles. The molecule has 6 nitrogen and oxygen atoms in total. The van der Waals surface area contributed by atoms with Crippen molar-refractivity contribution in [1.82, 2.24) is 20.1 Å². The van der Waals surface area contributed by atoms with Crippen LogP contribution in [0.3, 0.4) is 0 Å². The zero-order valence-corrected chi connectivity index (χ0v) is 12.5. The van der Waals surface area contributed by atoms with Crippen LogP contribution in [0.5, 0.6) is 0 Å². The Labute approximate surface area is 124 Å². The van der Waals surface area contributed by atoms with E-state index in [9.17, 15) is 4.79 Å². The zero-order chi connectivity index (χ0) is 15.2. The number of nitrogen functional groups attached to an aromatic ring is 1. The summed E-state index contributed by atoms with van der Waals surface area (Å²) in [7, 11) is 1.89. The molecule has 6 heteroatoms. The largest absolute Gasteiger partial charge is 0.384 e. The van der Waals surface area contributed by atoms with Crippen molar-refractivity contribution in [3.8, 4) is 0 Å². The lowest BCUT2D eigenvalue weighted by molar-refractivity contribution is 0.0953. The number of nitrogens with one attached hydrogen (secondary N) is 1. The normalized spacial score (nSPS) is 10.6. The van der Waals surface area contributed by atoms with Crippen LogP contribution >= 0.6 is 0 Å². The van der Waals surface area contributed by atoms with Gasteiger partial charge >= 0.3 is 0 Å². The van der Waals surface area contributed by atoms with Crippen LogP contribution in [0, 0.1) is 0 Å². The number of pyridine rings is 1. The molecule has 2 rings (SSSR count). The van der Waals surface area contributed by atoms with Gasteiger partial charge in [0.15, 0.2) is 0 Å². The lowest BCUT2D eigenvalue weighted by Crippen LogP contribution is -2.26. The third kappa shape index (κ3) is 4.05. The highest BCUT2D eigenvalue weighted by Crippen LogP contribution is 2.09. The van der Waals surface area contributed by atoms with Crippen molar-refractivity contribution >= 4 is 11.7 Å². The standard InChI is InChI=1S/C15H21N5O/c1-3-4-12-9-11(10-14(16)19-12)15(21)17-7-5-13-6-8-18-20(13)2/h6,8-10H,3-5,7H2,1-2H3,(H2,16,19)(H,17,21). The summed E-state index contributed by atoms with van der Waals surface area (Å²) in [5.74, 6) is 0.265. The van der Waals surface area contributed by atoms with Crippen molar-refractivity contribution in [2.75, 3.05) is 12.3 Å². The first-order valence-electron chi connectivity index (χ1n) is 7.11. The van der Waals surface area contributed by atoms with Gasteiger partial charge in [-0.3, -0.25) is 9.48 Å². The van der Waals surface area contributed by atoms with E-state index in [4.69, 9.17) is 5.73 Å². The van der Waals surface area contributed by atoms with Gasteiger partial charge in [-0.2, -0.15) is 5.10 Å². The zero-order valence-electron chi connectivity index (χ0n) is 12.5. The van der Waals surface area contributed by atoms with Gasteiger partial charge in [0.25, 0.3) is 5.91 Å². The topological polar surface area (TPSA) is 85.8 Å². The Morgan fingerprint density at radius 1 is 1.38 bits per heavy atom. The molecule has 0 aliphatic rings. The first-order chi connectivity index (χ1) is 10.1.